The van der Waals surface area contributed by atoms with Gasteiger partial charge < -0.3 is 33.0 Å². The fourth-order valence-corrected chi connectivity index (χ4v) is 4.21. The first-order valence-electron chi connectivity index (χ1n) is 15.6. The summed E-state index contributed by atoms with van der Waals surface area (Å²) in [7, 11) is -4.62. The third-order valence-corrected chi connectivity index (χ3v) is 6.66. The second kappa shape index (κ2) is 35.4. The molecule has 0 aromatic rings. The molecule has 0 unspecified atom stereocenters. The van der Waals surface area contributed by atoms with Gasteiger partial charge in [0.15, 0.2) is 0 Å². The van der Waals surface area contributed by atoms with Gasteiger partial charge >= 0.3 is 35.5 Å². The summed E-state index contributed by atoms with van der Waals surface area (Å²) < 4.78 is 62.8. The Morgan fingerprint density at radius 1 is 0.548 bits per heavy atom. The van der Waals surface area contributed by atoms with Gasteiger partial charge in [-0.15, -0.1) is 0 Å². The molecule has 0 saturated carbocycles. The Bertz CT molecular complexity index is 692. The average molecular weight is 633 g/mol. The van der Waals surface area contributed by atoms with E-state index >= 15 is 0 Å². The van der Waals surface area contributed by atoms with Crippen molar-refractivity contribution in [3.05, 3.63) is 12.2 Å². The van der Waals surface area contributed by atoms with Crippen molar-refractivity contribution in [2.45, 2.75) is 96.8 Å². The molecule has 12 heteroatoms. The van der Waals surface area contributed by atoms with E-state index in [9.17, 15) is 17.8 Å². The molecule has 0 radical (unpaired) electrons. The Morgan fingerprint density at radius 3 is 1.33 bits per heavy atom. The van der Waals surface area contributed by atoms with Crippen molar-refractivity contribution in [2.24, 2.45) is 0 Å². The van der Waals surface area contributed by atoms with Crippen LogP contribution in [0.1, 0.15) is 96.8 Å². The van der Waals surface area contributed by atoms with Crippen LogP contribution >= 0.6 is 0 Å². The molecule has 0 N–H and O–H groups in total. The van der Waals surface area contributed by atoms with Crippen molar-refractivity contribution in [3.8, 4) is 0 Å². The maximum atomic E-state index is 11.0. The first-order valence-corrected chi connectivity index (χ1v) is 17.2. The first-order chi connectivity index (χ1) is 20.0. The normalized spacial score (nSPS) is 11.7. The molecule has 0 amide bonds. The van der Waals surface area contributed by atoms with Gasteiger partial charge in [0.2, 0.25) is 0 Å². The van der Waals surface area contributed by atoms with Crippen molar-refractivity contribution in [2.75, 3.05) is 78.4 Å². The summed E-state index contributed by atoms with van der Waals surface area (Å²) in [5, 5.41) is 0. The summed E-state index contributed by atoms with van der Waals surface area (Å²) in [4.78, 5) is 11.0. The average Bonchev–Trinajstić information content (AvgIpc) is 2.92. The molecule has 0 heterocycles. The van der Waals surface area contributed by atoms with Crippen molar-refractivity contribution >= 4 is 16.1 Å². The quantitative estimate of drug-likeness (QED) is 0.0349. The maximum Gasteiger partial charge on any atom is 1.00 e. The molecule has 0 aliphatic carbocycles. The standard InChI is InChI=1S/C30H58O10S.Na/c1-2-3-4-5-6-7-8-9-10-11-12-13-14-15-16-17-18-35-19-20-36-21-22-37-23-24-38-25-26-39-27-28-40-30(31)29-41(32,33)34;/h9-10H,2-8,11-29H2,1H3,(H,32,33,34);/q;+1/p-1. The minimum absolute atomic E-state index is 0. The number of hydrogen-bond acceptors (Lipinski definition) is 10. The summed E-state index contributed by atoms with van der Waals surface area (Å²) in [6.45, 7) is 6.66. The molecular formula is C30H57NaO10S. The molecule has 10 nitrogen and oxygen atoms in total. The molecule has 0 bridgehead atoms. The van der Waals surface area contributed by atoms with Crippen LogP contribution in [0.25, 0.3) is 0 Å². The van der Waals surface area contributed by atoms with Crippen LogP contribution in [0, 0.1) is 0 Å². The van der Waals surface area contributed by atoms with Gasteiger partial charge in [0, 0.05) is 6.61 Å². The molecule has 0 aliphatic rings. The smallest absolute Gasteiger partial charge is 0.748 e. The molecule has 0 spiro atoms. The van der Waals surface area contributed by atoms with Crippen LogP contribution < -0.4 is 29.6 Å². The largest absolute Gasteiger partial charge is 1.00 e. The molecule has 0 saturated heterocycles. The minimum atomic E-state index is -4.62. The SMILES string of the molecule is CCCCCCCCC=CCCCCCCCCOCCOCCOCCOCCOCCOC(=O)CS(=O)(=O)[O-].[Na+]. The molecular weight excluding hydrogens is 575 g/mol. The summed E-state index contributed by atoms with van der Waals surface area (Å²) in [6.07, 6.45) is 23.0. The molecule has 244 valence electrons. The van der Waals surface area contributed by atoms with Gasteiger partial charge in [-0.25, -0.2) is 8.42 Å². The molecule has 42 heavy (non-hydrogen) atoms. The number of allylic oxidation sites excluding steroid dienone is 2. The van der Waals surface area contributed by atoms with Crippen molar-refractivity contribution in [1.29, 1.82) is 0 Å². The van der Waals surface area contributed by atoms with E-state index in [1.165, 1.54) is 83.5 Å². The van der Waals surface area contributed by atoms with Gasteiger partial charge in [0.1, 0.15) is 22.5 Å². The van der Waals surface area contributed by atoms with Crippen molar-refractivity contribution in [3.63, 3.8) is 0 Å². The predicted molar refractivity (Wildman–Crippen MR) is 159 cm³/mol. The number of hydrogen-bond donors (Lipinski definition) is 0. The third kappa shape index (κ3) is 39.9. The van der Waals surface area contributed by atoms with Crippen molar-refractivity contribution < 1.29 is 75.7 Å². The van der Waals surface area contributed by atoms with E-state index in [0.717, 1.165) is 13.0 Å². The number of esters is 1. The monoisotopic (exact) mass is 632 g/mol. The zero-order valence-electron chi connectivity index (χ0n) is 26.5. The van der Waals surface area contributed by atoms with Gasteiger partial charge in [0.25, 0.3) is 0 Å². The first kappa shape index (κ1) is 44.0. The number of ether oxygens (including phenoxy) is 6. The van der Waals surface area contributed by atoms with Crippen LogP contribution in [0.5, 0.6) is 0 Å². The van der Waals surface area contributed by atoms with E-state index in [2.05, 4.69) is 23.8 Å². The van der Waals surface area contributed by atoms with E-state index in [1.807, 2.05) is 0 Å². The minimum Gasteiger partial charge on any atom is -0.748 e. The van der Waals surface area contributed by atoms with Gasteiger partial charge in [-0.3, -0.25) is 4.79 Å². The Hall–Kier alpha value is -0.0800. The predicted octanol–water partition coefficient (Wildman–Crippen LogP) is 2.20. The Kier molecular flexibility index (Phi) is 37.1. The summed E-state index contributed by atoms with van der Waals surface area (Å²) >= 11 is 0. The molecule has 0 aromatic heterocycles. The van der Waals surface area contributed by atoms with Gasteiger partial charge in [-0.1, -0.05) is 76.9 Å². The van der Waals surface area contributed by atoms with Crippen LogP contribution in [0.4, 0.5) is 0 Å². The maximum absolute atomic E-state index is 11.0. The van der Waals surface area contributed by atoms with Crippen LogP contribution in [-0.2, 0) is 43.3 Å². The fourth-order valence-electron chi connectivity index (χ4n) is 3.83. The molecule has 0 atom stereocenters. The van der Waals surface area contributed by atoms with Crippen LogP contribution in [-0.4, -0.2) is 97.4 Å². The summed E-state index contributed by atoms with van der Waals surface area (Å²) in [6, 6.07) is 0. The van der Waals surface area contributed by atoms with Gasteiger partial charge in [-0.2, -0.15) is 0 Å². The topological polar surface area (TPSA) is 130 Å². The van der Waals surface area contributed by atoms with E-state index < -0.39 is 21.8 Å². The molecule has 0 aliphatic heterocycles. The fraction of sp³-hybridized carbons (Fsp3) is 0.900. The Morgan fingerprint density at radius 2 is 0.905 bits per heavy atom. The Balaban J connectivity index is 0. The third-order valence-electron chi connectivity index (χ3n) is 6.07. The summed E-state index contributed by atoms with van der Waals surface area (Å²) in [5.41, 5.74) is 0. The van der Waals surface area contributed by atoms with Crippen molar-refractivity contribution in [1.82, 2.24) is 0 Å². The molecule has 0 rings (SSSR count). The number of unbranched alkanes of at least 4 members (excludes halogenated alkanes) is 12. The zero-order chi connectivity index (χ0) is 30.1. The number of carbonyl (C=O) groups excluding carboxylic acids is 1. The van der Waals surface area contributed by atoms with E-state index in [1.54, 1.807) is 0 Å². The molecule has 0 fully saturated rings. The second-order valence-electron chi connectivity index (χ2n) is 9.92. The number of carbonyl (C=O) groups is 1. The number of rotatable bonds is 33. The van der Waals surface area contributed by atoms with Gasteiger partial charge in [0.05, 0.1) is 59.5 Å². The van der Waals surface area contributed by atoms with Crippen LogP contribution in [0.2, 0.25) is 0 Å². The Labute approximate surface area is 278 Å². The van der Waals surface area contributed by atoms with E-state index in [4.69, 9.17) is 23.7 Å². The van der Waals surface area contributed by atoms with Gasteiger partial charge in [-0.05, 0) is 32.1 Å². The molecule has 0 aromatic carbocycles. The van der Waals surface area contributed by atoms with E-state index in [-0.39, 0.29) is 49.4 Å². The van der Waals surface area contributed by atoms with Crippen LogP contribution in [0.15, 0.2) is 12.2 Å². The zero-order valence-corrected chi connectivity index (χ0v) is 29.3. The second-order valence-corrected chi connectivity index (χ2v) is 11.3. The van der Waals surface area contributed by atoms with Crippen LogP contribution in [0.3, 0.4) is 0 Å². The summed E-state index contributed by atoms with van der Waals surface area (Å²) in [5.74, 6) is -2.26. The van der Waals surface area contributed by atoms with E-state index in [0.29, 0.717) is 46.2 Å².